The van der Waals surface area contributed by atoms with Gasteiger partial charge >= 0.3 is 0 Å². The molecule has 2 aliphatic rings. The van der Waals surface area contributed by atoms with Gasteiger partial charge in [-0.05, 0) is 66.8 Å². The maximum atomic E-state index is 13.3. The molecule has 4 heterocycles. The third-order valence-corrected chi connectivity index (χ3v) is 7.81. The van der Waals surface area contributed by atoms with Gasteiger partial charge in [-0.1, -0.05) is 6.07 Å². The van der Waals surface area contributed by atoms with Crippen molar-refractivity contribution in [3.05, 3.63) is 52.3 Å². The number of piperidine rings is 1. The summed E-state index contributed by atoms with van der Waals surface area (Å²) >= 11 is 1.60. The molecule has 3 aromatic rings. The van der Waals surface area contributed by atoms with Crippen LogP contribution in [0, 0.1) is 0 Å². The molecule has 2 saturated heterocycles. The first-order valence-corrected chi connectivity index (χ1v) is 12.3. The summed E-state index contributed by atoms with van der Waals surface area (Å²) < 4.78 is 5.40. The largest absolute Gasteiger partial charge is 0.497 e. The summed E-state index contributed by atoms with van der Waals surface area (Å²) in [5.74, 6) is 1.48. The highest BCUT2D eigenvalue weighted by Gasteiger charge is 2.37. The van der Waals surface area contributed by atoms with E-state index in [1.807, 2.05) is 33.4 Å². The molecule has 2 amide bonds. The number of aromatic nitrogens is 1. The van der Waals surface area contributed by atoms with E-state index in [1.54, 1.807) is 18.4 Å². The molecule has 7 heteroatoms. The Morgan fingerprint density at radius 3 is 2.75 bits per heavy atom. The molecule has 32 heavy (non-hydrogen) atoms. The minimum atomic E-state index is -0.295. The fourth-order valence-corrected chi connectivity index (χ4v) is 5.89. The lowest BCUT2D eigenvalue weighted by Crippen LogP contribution is -2.50. The molecule has 2 fully saturated rings. The number of H-pyrrole nitrogens is 1. The minimum absolute atomic E-state index is 0.0749. The zero-order valence-electron chi connectivity index (χ0n) is 18.4. The number of likely N-dealkylation sites (tertiary alicyclic amines) is 2. The molecule has 168 valence electrons. The number of hydrogen-bond acceptors (Lipinski definition) is 4. The van der Waals surface area contributed by atoms with Crippen molar-refractivity contribution in [3.8, 4) is 5.75 Å². The van der Waals surface area contributed by atoms with Crippen LogP contribution in [0.4, 0.5) is 0 Å². The second kappa shape index (κ2) is 8.98. The molecule has 0 bridgehead atoms. The molecule has 6 nitrogen and oxygen atoms in total. The number of amides is 2. The van der Waals surface area contributed by atoms with Crippen LogP contribution in [0.1, 0.15) is 42.0 Å². The van der Waals surface area contributed by atoms with Gasteiger partial charge in [0.2, 0.25) is 11.8 Å². The highest BCUT2D eigenvalue weighted by atomic mass is 32.1. The van der Waals surface area contributed by atoms with Crippen molar-refractivity contribution in [2.45, 2.75) is 44.1 Å². The monoisotopic (exact) mass is 451 g/mol. The lowest BCUT2D eigenvalue weighted by Gasteiger charge is -2.35. The maximum Gasteiger partial charge on any atom is 0.245 e. The second-order valence-corrected chi connectivity index (χ2v) is 9.79. The minimum Gasteiger partial charge on any atom is -0.497 e. The number of benzene rings is 1. The Bertz CT molecular complexity index is 1100. The summed E-state index contributed by atoms with van der Waals surface area (Å²) in [6, 6.07) is 9.77. The third kappa shape index (κ3) is 4.01. The molecule has 2 aliphatic heterocycles. The van der Waals surface area contributed by atoms with Gasteiger partial charge in [-0.3, -0.25) is 9.59 Å². The zero-order valence-corrected chi connectivity index (χ0v) is 19.2. The topological polar surface area (TPSA) is 65.6 Å². The fourth-order valence-electron chi connectivity index (χ4n) is 5.19. The molecule has 0 spiro atoms. The maximum absolute atomic E-state index is 13.3. The number of fused-ring (bicyclic) bond motifs is 1. The third-order valence-electron chi connectivity index (χ3n) is 6.93. The van der Waals surface area contributed by atoms with Crippen LogP contribution in [0.25, 0.3) is 10.9 Å². The van der Waals surface area contributed by atoms with Crippen LogP contribution in [-0.4, -0.2) is 59.4 Å². The van der Waals surface area contributed by atoms with E-state index < -0.39 is 0 Å². The molecule has 1 N–H and O–H groups in total. The number of hydrogen-bond donors (Lipinski definition) is 1. The van der Waals surface area contributed by atoms with Gasteiger partial charge in [-0.2, -0.15) is 0 Å². The molecule has 0 radical (unpaired) electrons. The molecule has 0 aliphatic carbocycles. The molecule has 1 unspecified atom stereocenters. The molecule has 1 atom stereocenters. The van der Waals surface area contributed by atoms with E-state index in [1.165, 1.54) is 10.9 Å². The standard InChI is InChI=1S/C25H29N3O3S/c1-31-18-6-7-22-20(14-18)21(16-26-22)17-8-11-27(12-9-17)25(30)23-5-2-10-28(23)24(29)15-19-4-3-13-32-19/h3-4,6-7,13-14,16-17,23,26H,2,5,8-12,15H2,1H3. The van der Waals surface area contributed by atoms with Gasteiger partial charge in [0.1, 0.15) is 11.8 Å². The summed E-state index contributed by atoms with van der Waals surface area (Å²) in [6.07, 6.45) is 6.05. The average molecular weight is 452 g/mol. The van der Waals surface area contributed by atoms with E-state index in [-0.39, 0.29) is 17.9 Å². The van der Waals surface area contributed by atoms with Crippen LogP contribution in [0.2, 0.25) is 0 Å². The van der Waals surface area contributed by atoms with Gasteiger partial charge in [0.05, 0.1) is 13.5 Å². The van der Waals surface area contributed by atoms with Crippen LogP contribution in [0.3, 0.4) is 0 Å². The summed E-state index contributed by atoms with van der Waals surface area (Å²) in [5, 5.41) is 3.19. The van der Waals surface area contributed by atoms with Gasteiger partial charge in [-0.15, -0.1) is 11.3 Å². The number of carbonyl (C=O) groups is 2. The summed E-state index contributed by atoms with van der Waals surface area (Å²) in [7, 11) is 1.69. The van der Waals surface area contributed by atoms with E-state index in [0.29, 0.717) is 18.9 Å². The van der Waals surface area contributed by atoms with Crippen molar-refractivity contribution in [1.82, 2.24) is 14.8 Å². The van der Waals surface area contributed by atoms with Crippen molar-refractivity contribution in [2.24, 2.45) is 0 Å². The van der Waals surface area contributed by atoms with Crippen LogP contribution < -0.4 is 4.74 Å². The SMILES string of the molecule is COc1ccc2[nH]cc(C3CCN(C(=O)C4CCCN4C(=O)Cc4cccs4)CC3)c2c1. The Kier molecular flexibility index (Phi) is 5.91. The Morgan fingerprint density at radius 1 is 1.16 bits per heavy atom. The van der Waals surface area contributed by atoms with Crippen LogP contribution in [0.5, 0.6) is 5.75 Å². The van der Waals surface area contributed by atoms with Crippen molar-refractivity contribution >= 4 is 34.1 Å². The first kappa shape index (κ1) is 21.1. The van der Waals surface area contributed by atoms with Crippen molar-refractivity contribution in [3.63, 3.8) is 0 Å². The van der Waals surface area contributed by atoms with E-state index in [4.69, 9.17) is 4.74 Å². The average Bonchev–Trinajstić information content (AvgIpc) is 3.59. The van der Waals surface area contributed by atoms with E-state index in [9.17, 15) is 9.59 Å². The number of ether oxygens (including phenoxy) is 1. The smallest absolute Gasteiger partial charge is 0.245 e. The van der Waals surface area contributed by atoms with E-state index in [0.717, 1.165) is 54.9 Å². The lowest BCUT2D eigenvalue weighted by atomic mass is 9.89. The Morgan fingerprint density at radius 2 is 2.00 bits per heavy atom. The summed E-state index contributed by atoms with van der Waals surface area (Å²) in [4.78, 5) is 34.4. The molecule has 1 aromatic carbocycles. The Hall–Kier alpha value is -2.80. The summed E-state index contributed by atoms with van der Waals surface area (Å²) in [5.41, 5.74) is 2.42. The molecular weight excluding hydrogens is 422 g/mol. The van der Waals surface area contributed by atoms with Crippen LogP contribution in [0.15, 0.2) is 41.9 Å². The highest BCUT2D eigenvalue weighted by molar-refractivity contribution is 7.10. The predicted molar refractivity (Wildman–Crippen MR) is 126 cm³/mol. The number of carbonyl (C=O) groups excluding carboxylic acids is 2. The molecule has 5 rings (SSSR count). The van der Waals surface area contributed by atoms with Gasteiger partial charge in [-0.25, -0.2) is 0 Å². The van der Waals surface area contributed by atoms with Crippen molar-refractivity contribution in [2.75, 3.05) is 26.7 Å². The predicted octanol–water partition coefficient (Wildman–Crippen LogP) is 4.18. The van der Waals surface area contributed by atoms with Gasteiger partial charge in [0, 0.05) is 41.6 Å². The van der Waals surface area contributed by atoms with E-state index >= 15 is 0 Å². The highest BCUT2D eigenvalue weighted by Crippen LogP contribution is 2.35. The Balaban J connectivity index is 1.23. The van der Waals surface area contributed by atoms with Crippen molar-refractivity contribution < 1.29 is 14.3 Å². The van der Waals surface area contributed by atoms with Gasteiger partial charge < -0.3 is 19.5 Å². The lowest BCUT2D eigenvalue weighted by molar-refractivity contribution is -0.144. The Labute approximate surface area is 192 Å². The van der Waals surface area contributed by atoms with Crippen molar-refractivity contribution in [1.29, 1.82) is 0 Å². The number of thiophene rings is 1. The first-order valence-electron chi connectivity index (χ1n) is 11.4. The zero-order chi connectivity index (χ0) is 22.1. The fraction of sp³-hybridized carbons (Fsp3) is 0.440. The molecule has 0 saturated carbocycles. The first-order chi connectivity index (χ1) is 15.6. The van der Waals surface area contributed by atoms with Gasteiger partial charge in [0.15, 0.2) is 0 Å². The quantitative estimate of drug-likeness (QED) is 0.633. The number of nitrogens with zero attached hydrogens (tertiary/aromatic N) is 2. The van der Waals surface area contributed by atoms with Crippen LogP contribution >= 0.6 is 11.3 Å². The number of rotatable bonds is 5. The number of methoxy groups -OCH3 is 1. The molecule has 2 aromatic heterocycles. The number of nitrogens with one attached hydrogen (secondary N) is 1. The normalized spacial score (nSPS) is 19.6. The second-order valence-electron chi connectivity index (χ2n) is 8.76. The van der Waals surface area contributed by atoms with Crippen LogP contribution in [-0.2, 0) is 16.0 Å². The van der Waals surface area contributed by atoms with E-state index in [2.05, 4.69) is 23.3 Å². The number of aromatic amines is 1. The van der Waals surface area contributed by atoms with Gasteiger partial charge in [0.25, 0.3) is 0 Å². The molecular formula is C25H29N3O3S. The summed E-state index contributed by atoms with van der Waals surface area (Å²) in [6.45, 7) is 2.17.